The van der Waals surface area contributed by atoms with Crippen molar-refractivity contribution in [2.24, 2.45) is 0 Å². The Balaban J connectivity index is 2.71. The molecule has 0 aliphatic heterocycles. The maximum Gasteiger partial charge on any atom is 0.225 e. The summed E-state index contributed by atoms with van der Waals surface area (Å²) in [5.74, 6) is 0.900. The van der Waals surface area contributed by atoms with E-state index in [1.807, 2.05) is 0 Å². The molecule has 0 fully saturated rings. The molecule has 3 N–H and O–H groups in total. The summed E-state index contributed by atoms with van der Waals surface area (Å²) < 4.78 is 1.48. The molecule has 0 bridgehead atoms. The number of hydrogen-bond donors (Lipinski definition) is 2. The molecule has 1 rings (SSSR count). The molecule has 0 saturated carbocycles. The fourth-order valence-corrected chi connectivity index (χ4v) is 1.23. The molecule has 0 unspecified atom stereocenters. The largest absolute Gasteiger partial charge is 0.383 e. The first-order valence-corrected chi connectivity index (χ1v) is 5.04. The van der Waals surface area contributed by atoms with Gasteiger partial charge in [0.25, 0.3) is 0 Å². The van der Waals surface area contributed by atoms with E-state index in [2.05, 4.69) is 53.7 Å². The second kappa shape index (κ2) is 4.57. The number of rotatable bonds is 3. The minimum atomic E-state index is 0.421. The Hall–Kier alpha value is -0.620. The minimum absolute atomic E-state index is 0.421. The molecule has 6 heteroatoms. The Kier molecular flexibility index (Phi) is 3.68. The van der Waals surface area contributed by atoms with Gasteiger partial charge in [-0.15, -0.1) is 0 Å². The first-order chi connectivity index (χ1) is 6.08. The maximum absolute atomic E-state index is 5.51. The van der Waals surface area contributed by atoms with Gasteiger partial charge < -0.3 is 11.1 Å². The number of anilines is 2. The van der Waals surface area contributed by atoms with E-state index in [0.29, 0.717) is 22.9 Å². The van der Waals surface area contributed by atoms with E-state index in [9.17, 15) is 0 Å². The Morgan fingerprint density at radius 1 is 1.62 bits per heavy atom. The van der Waals surface area contributed by atoms with Crippen LogP contribution >= 0.6 is 31.9 Å². The van der Waals surface area contributed by atoms with Crippen molar-refractivity contribution in [3.63, 3.8) is 0 Å². The SMILES string of the molecule is C=C(Br)CNc1nc(N)cc(Br)n1. The fraction of sp³-hybridized carbons (Fsp3) is 0.143. The Labute approximate surface area is 92.9 Å². The van der Waals surface area contributed by atoms with E-state index in [1.54, 1.807) is 6.07 Å². The molecule has 0 saturated heterocycles. The molecular formula is C7H8Br2N4. The fourth-order valence-electron chi connectivity index (χ4n) is 0.689. The van der Waals surface area contributed by atoms with Crippen LogP contribution in [-0.4, -0.2) is 16.5 Å². The summed E-state index contributed by atoms with van der Waals surface area (Å²) in [6.45, 7) is 4.24. The van der Waals surface area contributed by atoms with Crippen LogP contribution in [0.15, 0.2) is 21.7 Å². The molecule has 0 amide bonds. The van der Waals surface area contributed by atoms with E-state index >= 15 is 0 Å². The van der Waals surface area contributed by atoms with Gasteiger partial charge in [-0.25, -0.2) is 4.98 Å². The smallest absolute Gasteiger partial charge is 0.225 e. The van der Waals surface area contributed by atoms with Gasteiger partial charge in [0.05, 0.1) is 0 Å². The molecule has 0 spiro atoms. The van der Waals surface area contributed by atoms with Crippen molar-refractivity contribution in [3.8, 4) is 0 Å². The monoisotopic (exact) mass is 306 g/mol. The van der Waals surface area contributed by atoms with Crippen LogP contribution in [0, 0.1) is 0 Å². The van der Waals surface area contributed by atoms with E-state index in [4.69, 9.17) is 5.73 Å². The Bertz CT molecular complexity index is 306. The van der Waals surface area contributed by atoms with Crippen molar-refractivity contribution in [2.75, 3.05) is 17.6 Å². The van der Waals surface area contributed by atoms with Crippen LogP contribution in [0.3, 0.4) is 0 Å². The molecule has 0 radical (unpaired) electrons. The van der Waals surface area contributed by atoms with Crippen molar-refractivity contribution in [1.29, 1.82) is 0 Å². The Morgan fingerprint density at radius 2 is 2.31 bits per heavy atom. The van der Waals surface area contributed by atoms with Crippen LogP contribution in [0.4, 0.5) is 11.8 Å². The van der Waals surface area contributed by atoms with Gasteiger partial charge in [-0.1, -0.05) is 22.5 Å². The second-order valence-corrected chi connectivity index (χ2v) is 4.24. The maximum atomic E-state index is 5.51. The lowest BCUT2D eigenvalue weighted by Crippen LogP contribution is -2.06. The summed E-state index contributed by atoms with van der Waals surface area (Å²) in [5, 5.41) is 2.95. The van der Waals surface area contributed by atoms with Crippen LogP contribution in [0.5, 0.6) is 0 Å². The van der Waals surface area contributed by atoms with E-state index in [0.717, 1.165) is 4.48 Å². The van der Waals surface area contributed by atoms with Crippen molar-refractivity contribution in [3.05, 3.63) is 21.7 Å². The topological polar surface area (TPSA) is 63.8 Å². The van der Waals surface area contributed by atoms with Gasteiger partial charge >= 0.3 is 0 Å². The zero-order valence-electron chi connectivity index (χ0n) is 6.72. The second-order valence-electron chi connectivity index (χ2n) is 2.31. The highest BCUT2D eigenvalue weighted by molar-refractivity contribution is 9.11. The molecule has 4 nitrogen and oxygen atoms in total. The van der Waals surface area contributed by atoms with Gasteiger partial charge in [-0.3, -0.25) is 0 Å². The van der Waals surface area contributed by atoms with Crippen LogP contribution in [0.25, 0.3) is 0 Å². The molecule has 0 aliphatic rings. The standard InChI is InChI=1S/C7H8Br2N4/c1-4(8)3-11-7-12-5(9)2-6(10)13-7/h2H,1,3H2,(H3,10,11,12,13). The quantitative estimate of drug-likeness (QED) is 0.840. The summed E-state index contributed by atoms with van der Waals surface area (Å²) >= 11 is 6.43. The van der Waals surface area contributed by atoms with Crippen LogP contribution in [0.1, 0.15) is 0 Å². The van der Waals surface area contributed by atoms with E-state index in [1.165, 1.54) is 0 Å². The highest BCUT2D eigenvalue weighted by Gasteiger charge is 1.99. The molecule has 0 aromatic carbocycles. The predicted molar refractivity (Wildman–Crippen MR) is 60.7 cm³/mol. The molecule has 1 aromatic heterocycles. The van der Waals surface area contributed by atoms with Crippen molar-refractivity contribution < 1.29 is 0 Å². The lowest BCUT2D eigenvalue weighted by Gasteiger charge is -2.03. The average molecular weight is 308 g/mol. The van der Waals surface area contributed by atoms with Gasteiger partial charge in [0.2, 0.25) is 5.95 Å². The molecule has 0 aliphatic carbocycles. The first-order valence-electron chi connectivity index (χ1n) is 3.45. The van der Waals surface area contributed by atoms with E-state index < -0.39 is 0 Å². The highest BCUT2D eigenvalue weighted by Crippen LogP contribution is 2.12. The third-order valence-corrected chi connectivity index (χ3v) is 1.84. The summed E-state index contributed by atoms with van der Waals surface area (Å²) in [6.07, 6.45) is 0. The minimum Gasteiger partial charge on any atom is -0.383 e. The number of nitrogens with two attached hydrogens (primary N) is 1. The number of aromatic nitrogens is 2. The van der Waals surface area contributed by atoms with E-state index in [-0.39, 0.29) is 0 Å². The number of nitrogen functional groups attached to an aromatic ring is 1. The number of hydrogen-bond acceptors (Lipinski definition) is 4. The lowest BCUT2D eigenvalue weighted by atomic mass is 10.6. The summed E-state index contributed by atoms with van der Waals surface area (Å²) in [6, 6.07) is 1.63. The van der Waals surface area contributed by atoms with Crippen molar-refractivity contribution >= 4 is 43.6 Å². The summed E-state index contributed by atoms with van der Waals surface area (Å²) in [4.78, 5) is 8.03. The van der Waals surface area contributed by atoms with Gasteiger partial charge in [-0.2, -0.15) is 4.98 Å². The summed E-state index contributed by atoms with van der Waals surface area (Å²) in [5.41, 5.74) is 5.51. The molecule has 0 atom stereocenters. The summed E-state index contributed by atoms with van der Waals surface area (Å²) in [7, 11) is 0. The van der Waals surface area contributed by atoms with Gasteiger partial charge in [0.15, 0.2) is 0 Å². The van der Waals surface area contributed by atoms with Crippen molar-refractivity contribution in [1.82, 2.24) is 9.97 Å². The van der Waals surface area contributed by atoms with Crippen LogP contribution in [-0.2, 0) is 0 Å². The molecule has 13 heavy (non-hydrogen) atoms. The number of nitrogens with one attached hydrogen (secondary N) is 1. The normalized spacial score (nSPS) is 9.69. The van der Waals surface area contributed by atoms with Crippen molar-refractivity contribution in [2.45, 2.75) is 0 Å². The lowest BCUT2D eigenvalue weighted by molar-refractivity contribution is 1.10. The van der Waals surface area contributed by atoms with Crippen LogP contribution < -0.4 is 11.1 Å². The van der Waals surface area contributed by atoms with Gasteiger partial charge in [-0.05, 0) is 15.9 Å². The van der Waals surface area contributed by atoms with Crippen LogP contribution in [0.2, 0.25) is 0 Å². The third-order valence-electron chi connectivity index (χ3n) is 1.15. The first kappa shape index (κ1) is 10.5. The number of nitrogens with zero attached hydrogens (tertiary/aromatic N) is 2. The predicted octanol–water partition coefficient (Wildman–Crippen LogP) is 2.14. The zero-order valence-corrected chi connectivity index (χ0v) is 9.89. The zero-order chi connectivity index (χ0) is 9.84. The molecule has 70 valence electrons. The highest BCUT2D eigenvalue weighted by atomic mass is 79.9. The third kappa shape index (κ3) is 3.73. The number of halogens is 2. The Morgan fingerprint density at radius 3 is 2.85 bits per heavy atom. The molecule has 1 heterocycles. The van der Waals surface area contributed by atoms with Gasteiger partial charge in [0.1, 0.15) is 10.4 Å². The average Bonchev–Trinajstić information content (AvgIpc) is 1.99. The molecular weight excluding hydrogens is 300 g/mol. The van der Waals surface area contributed by atoms with Gasteiger partial charge in [0, 0.05) is 17.1 Å². The molecule has 1 aromatic rings.